The van der Waals surface area contributed by atoms with E-state index in [0.29, 0.717) is 5.56 Å². The van der Waals surface area contributed by atoms with Crippen LogP contribution in [-0.2, 0) is 6.54 Å². The molecule has 2 rings (SSSR count). The highest BCUT2D eigenvalue weighted by Crippen LogP contribution is 2.18. The third-order valence-corrected chi connectivity index (χ3v) is 2.90. The maximum absolute atomic E-state index is 13.5. The molecule has 1 amide bonds. The number of nitrogens with one attached hydrogen (secondary N) is 1. The van der Waals surface area contributed by atoms with Crippen LogP contribution in [0.25, 0.3) is 0 Å². The molecule has 0 unspecified atom stereocenters. The molecule has 0 fully saturated rings. The van der Waals surface area contributed by atoms with Crippen molar-refractivity contribution in [2.24, 2.45) is 0 Å². The van der Waals surface area contributed by atoms with Gasteiger partial charge in [0.2, 0.25) is 0 Å². The summed E-state index contributed by atoms with van der Waals surface area (Å²) < 4.78 is 26.8. The van der Waals surface area contributed by atoms with Crippen LogP contribution in [0.1, 0.15) is 15.9 Å². The molecule has 2 aromatic carbocycles. The Kier molecular flexibility index (Phi) is 4.12. The third-order valence-electron chi connectivity index (χ3n) is 2.59. The van der Waals surface area contributed by atoms with E-state index in [1.807, 2.05) is 0 Å². The molecule has 0 aliphatic carbocycles. The largest absolute Gasteiger partial charge is 0.348 e. The normalized spacial score (nSPS) is 10.3. The summed E-state index contributed by atoms with van der Waals surface area (Å²) in [4.78, 5) is 11.8. The Morgan fingerprint density at radius 3 is 2.42 bits per heavy atom. The smallest absolute Gasteiger partial charge is 0.256 e. The molecule has 19 heavy (non-hydrogen) atoms. The lowest BCUT2D eigenvalue weighted by Crippen LogP contribution is -2.24. The van der Waals surface area contributed by atoms with Gasteiger partial charge in [0.25, 0.3) is 5.91 Å². The van der Waals surface area contributed by atoms with Crippen LogP contribution in [0.15, 0.2) is 42.5 Å². The van der Waals surface area contributed by atoms with Crippen LogP contribution in [0, 0.1) is 11.6 Å². The number of amides is 1. The lowest BCUT2D eigenvalue weighted by atomic mass is 10.1. The fourth-order valence-electron chi connectivity index (χ4n) is 1.62. The molecule has 0 saturated heterocycles. The quantitative estimate of drug-likeness (QED) is 0.916. The number of halogens is 3. The summed E-state index contributed by atoms with van der Waals surface area (Å²) in [5.41, 5.74) is 0.0869. The number of rotatable bonds is 3. The first-order valence-corrected chi connectivity index (χ1v) is 5.93. The van der Waals surface area contributed by atoms with Crippen molar-refractivity contribution in [3.8, 4) is 0 Å². The summed E-state index contributed by atoms with van der Waals surface area (Å²) in [6, 6.07) is 10.0. The van der Waals surface area contributed by atoms with Crippen molar-refractivity contribution < 1.29 is 13.6 Å². The van der Waals surface area contributed by atoms with Crippen molar-refractivity contribution in [1.29, 1.82) is 0 Å². The molecule has 0 bridgehead atoms. The minimum atomic E-state index is -0.710. The van der Waals surface area contributed by atoms with E-state index in [-0.39, 0.29) is 17.1 Å². The van der Waals surface area contributed by atoms with E-state index >= 15 is 0 Å². The minimum Gasteiger partial charge on any atom is -0.348 e. The maximum atomic E-state index is 13.5. The van der Waals surface area contributed by atoms with Gasteiger partial charge in [-0.25, -0.2) is 8.78 Å². The second-order valence-corrected chi connectivity index (χ2v) is 4.28. The molecule has 0 saturated carbocycles. The summed E-state index contributed by atoms with van der Waals surface area (Å²) in [5.74, 6) is -1.81. The summed E-state index contributed by atoms with van der Waals surface area (Å²) in [6.45, 7) is -0.0316. The number of carbonyl (C=O) groups is 1. The Hall–Kier alpha value is -1.94. The minimum absolute atomic E-state index is 0.0195. The molecule has 5 heteroatoms. The Balaban J connectivity index is 2.13. The summed E-state index contributed by atoms with van der Waals surface area (Å²) in [7, 11) is 0. The Bertz CT molecular complexity index is 596. The van der Waals surface area contributed by atoms with Crippen molar-refractivity contribution in [3.63, 3.8) is 0 Å². The standard InChI is InChI=1S/C14H10ClF2NO/c15-10-5-3-7-12(17)13(10)14(19)18-8-9-4-1-2-6-11(9)16/h1-7H,8H2,(H,18,19). The van der Waals surface area contributed by atoms with Gasteiger partial charge < -0.3 is 5.32 Å². The van der Waals surface area contributed by atoms with Gasteiger partial charge >= 0.3 is 0 Å². The van der Waals surface area contributed by atoms with Crippen molar-refractivity contribution >= 4 is 17.5 Å². The topological polar surface area (TPSA) is 29.1 Å². The lowest BCUT2D eigenvalue weighted by Gasteiger charge is -2.08. The van der Waals surface area contributed by atoms with E-state index in [1.54, 1.807) is 18.2 Å². The SMILES string of the molecule is O=C(NCc1ccccc1F)c1c(F)cccc1Cl. The molecule has 0 atom stereocenters. The van der Waals surface area contributed by atoms with Crippen molar-refractivity contribution in [1.82, 2.24) is 5.32 Å². The zero-order chi connectivity index (χ0) is 13.8. The first kappa shape index (κ1) is 13.5. The second kappa shape index (κ2) is 5.80. The van der Waals surface area contributed by atoms with Crippen LogP contribution in [0.4, 0.5) is 8.78 Å². The number of hydrogen-bond acceptors (Lipinski definition) is 1. The van der Waals surface area contributed by atoms with Gasteiger partial charge in [0.05, 0.1) is 10.6 Å². The molecule has 0 heterocycles. The zero-order valence-corrected chi connectivity index (χ0v) is 10.5. The average molecular weight is 282 g/mol. The van der Waals surface area contributed by atoms with Crippen LogP contribution >= 0.6 is 11.6 Å². The van der Waals surface area contributed by atoms with Gasteiger partial charge in [0.15, 0.2) is 0 Å². The highest BCUT2D eigenvalue weighted by Gasteiger charge is 2.15. The summed E-state index contributed by atoms with van der Waals surface area (Å²) in [5, 5.41) is 2.45. The summed E-state index contributed by atoms with van der Waals surface area (Å²) in [6.07, 6.45) is 0. The number of carbonyl (C=O) groups excluding carboxylic acids is 1. The van der Waals surface area contributed by atoms with Gasteiger partial charge in [-0.1, -0.05) is 35.9 Å². The third kappa shape index (κ3) is 3.09. The molecule has 2 nitrogen and oxygen atoms in total. The first-order valence-electron chi connectivity index (χ1n) is 5.55. The second-order valence-electron chi connectivity index (χ2n) is 3.87. The van der Waals surface area contributed by atoms with Crippen LogP contribution in [0.5, 0.6) is 0 Å². The van der Waals surface area contributed by atoms with Crippen molar-refractivity contribution in [2.75, 3.05) is 0 Å². The molecular formula is C14H10ClF2NO. The Morgan fingerprint density at radius 2 is 1.74 bits per heavy atom. The molecule has 2 aromatic rings. The van der Waals surface area contributed by atoms with Crippen LogP contribution in [0.3, 0.4) is 0 Å². The van der Waals surface area contributed by atoms with E-state index in [4.69, 9.17) is 11.6 Å². The number of hydrogen-bond donors (Lipinski definition) is 1. The summed E-state index contributed by atoms with van der Waals surface area (Å²) >= 11 is 5.76. The zero-order valence-electron chi connectivity index (χ0n) is 9.79. The maximum Gasteiger partial charge on any atom is 0.256 e. The van der Waals surface area contributed by atoms with Crippen LogP contribution < -0.4 is 5.32 Å². The van der Waals surface area contributed by atoms with Gasteiger partial charge in [-0.05, 0) is 18.2 Å². The molecule has 98 valence electrons. The van der Waals surface area contributed by atoms with Crippen LogP contribution in [-0.4, -0.2) is 5.91 Å². The molecule has 0 radical (unpaired) electrons. The van der Waals surface area contributed by atoms with E-state index in [1.165, 1.54) is 18.2 Å². The van der Waals surface area contributed by atoms with Gasteiger partial charge in [-0.3, -0.25) is 4.79 Å². The van der Waals surface area contributed by atoms with Crippen molar-refractivity contribution in [3.05, 3.63) is 70.2 Å². The van der Waals surface area contributed by atoms with Crippen molar-refractivity contribution in [2.45, 2.75) is 6.54 Å². The first-order chi connectivity index (χ1) is 9.09. The molecular weight excluding hydrogens is 272 g/mol. The highest BCUT2D eigenvalue weighted by atomic mass is 35.5. The lowest BCUT2D eigenvalue weighted by molar-refractivity contribution is 0.0946. The van der Waals surface area contributed by atoms with Gasteiger partial charge in [0, 0.05) is 12.1 Å². The monoisotopic (exact) mass is 281 g/mol. The molecule has 1 N–H and O–H groups in total. The average Bonchev–Trinajstić information content (AvgIpc) is 2.37. The van der Waals surface area contributed by atoms with E-state index in [9.17, 15) is 13.6 Å². The fraction of sp³-hybridized carbons (Fsp3) is 0.0714. The fourth-order valence-corrected chi connectivity index (χ4v) is 1.87. The van der Waals surface area contributed by atoms with E-state index in [2.05, 4.69) is 5.32 Å². The van der Waals surface area contributed by atoms with Gasteiger partial charge in [0.1, 0.15) is 11.6 Å². The van der Waals surface area contributed by atoms with Gasteiger partial charge in [-0.2, -0.15) is 0 Å². The van der Waals surface area contributed by atoms with E-state index < -0.39 is 17.5 Å². The Morgan fingerprint density at radius 1 is 1.05 bits per heavy atom. The number of benzene rings is 2. The molecule has 0 aliphatic heterocycles. The Labute approximate surface area is 114 Å². The molecule has 0 aromatic heterocycles. The van der Waals surface area contributed by atoms with Crippen LogP contribution in [0.2, 0.25) is 5.02 Å². The molecule has 0 aliphatic rings. The van der Waals surface area contributed by atoms with Gasteiger partial charge in [-0.15, -0.1) is 0 Å². The predicted molar refractivity (Wildman–Crippen MR) is 69.0 cm³/mol. The molecule has 0 spiro atoms. The van der Waals surface area contributed by atoms with E-state index in [0.717, 1.165) is 6.07 Å². The highest BCUT2D eigenvalue weighted by molar-refractivity contribution is 6.33. The predicted octanol–water partition coefficient (Wildman–Crippen LogP) is 3.55.